The minimum Gasteiger partial charge on any atom is -0.383 e. The molecule has 0 saturated heterocycles. The Balaban J connectivity index is 1.90. The molecule has 0 radical (unpaired) electrons. The number of nitrogens with zero attached hydrogens (tertiary/aromatic N) is 1. The van der Waals surface area contributed by atoms with Gasteiger partial charge < -0.3 is 11.1 Å². The van der Waals surface area contributed by atoms with Gasteiger partial charge >= 0.3 is 0 Å². The van der Waals surface area contributed by atoms with E-state index in [0.717, 1.165) is 12.0 Å². The third-order valence-corrected chi connectivity index (χ3v) is 4.96. The summed E-state index contributed by atoms with van der Waals surface area (Å²) in [5, 5.41) is 3.54. The van der Waals surface area contributed by atoms with Gasteiger partial charge in [-0.05, 0) is 43.5 Å². The molecule has 3 rings (SSSR count). The highest BCUT2D eigenvalue weighted by Crippen LogP contribution is 2.47. The van der Waals surface area contributed by atoms with Gasteiger partial charge in [-0.1, -0.05) is 42.8 Å². The molecule has 3 heteroatoms. The number of nitrogens with one attached hydrogen (secondary N) is 1. The highest BCUT2D eigenvalue weighted by Gasteiger charge is 2.44. The van der Waals surface area contributed by atoms with E-state index in [0.29, 0.717) is 11.9 Å². The first-order chi connectivity index (χ1) is 10.3. The Bertz CT molecular complexity index is 590. The fourth-order valence-corrected chi connectivity index (χ4v) is 3.58. The molecule has 0 aliphatic heterocycles. The van der Waals surface area contributed by atoms with Crippen molar-refractivity contribution in [2.45, 2.75) is 37.1 Å². The Kier molecular flexibility index (Phi) is 3.93. The van der Waals surface area contributed by atoms with Crippen molar-refractivity contribution in [2.24, 2.45) is 0 Å². The molecule has 1 unspecified atom stereocenters. The van der Waals surface area contributed by atoms with Gasteiger partial charge in [-0.25, -0.2) is 4.98 Å². The lowest BCUT2D eigenvalue weighted by atomic mass is 9.59. The first-order valence-electron chi connectivity index (χ1n) is 7.68. The predicted molar refractivity (Wildman–Crippen MR) is 87.2 cm³/mol. The highest BCUT2D eigenvalue weighted by atomic mass is 14.9. The van der Waals surface area contributed by atoms with E-state index in [1.54, 1.807) is 6.20 Å². The average Bonchev–Trinajstić information content (AvgIpc) is 2.48. The van der Waals surface area contributed by atoms with E-state index in [1.807, 2.05) is 6.07 Å². The summed E-state index contributed by atoms with van der Waals surface area (Å²) in [7, 11) is 2.06. The predicted octanol–water partition coefficient (Wildman–Crippen LogP) is 2.92. The van der Waals surface area contributed by atoms with Gasteiger partial charge in [-0.3, -0.25) is 0 Å². The van der Waals surface area contributed by atoms with E-state index >= 15 is 0 Å². The summed E-state index contributed by atoms with van der Waals surface area (Å²) < 4.78 is 0. The minimum absolute atomic E-state index is 0.234. The topological polar surface area (TPSA) is 50.9 Å². The first-order valence-corrected chi connectivity index (χ1v) is 7.68. The van der Waals surface area contributed by atoms with Crippen molar-refractivity contribution in [3.05, 3.63) is 59.8 Å². The van der Waals surface area contributed by atoms with Gasteiger partial charge in [0, 0.05) is 17.7 Å². The van der Waals surface area contributed by atoms with Gasteiger partial charge in [0.25, 0.3) is 0 Å². The molecule has 2 aromatic rings. The molecule has 1 saturated carbocycles. The van der Waals surface area contributed by atoms with Crippen molar-refractivity contribution in [1.29, 1.82) is 0 Å². The summed E-state index contributed by atoms with van der Waals surface area (Å²) in [6, 6.07) is 15.3. The number of rotatable bonds is 5. The highest BCUT2D eigenvalue weighted by molar-refractivity contribution is 5.40. The number of benzene rings is 1. The van der Waals surface area contributed by atoms with Gasteiger partial charge in [0.05, 0.1) is 0 Å². The Labute approximate surface area is 126 Å². The van der Waals surface area contributed by atoms with Crippen molar-refractivity contribution < 1.29 is 0 Å². The van der Waals surface area contributed by atoms with E-state index in [4.69, 9.17) is 5.73 Å². The summed E-state index contributed by atoms with van der Waals surface area (Å²) in [6.45, 7) is 0. The van der Waals surface area contributed by atoms with Crippen LogP contribution in [0.5, 0.6) is 0 Å². The smallest absolute Gasteiger partial charge is 0.126 e. The number of anilines is 1. The second-order valence-electron chi connectivity index (χ2n) is 5.97. The van der Waals surface area contributed by atoms with E-state index < -0.39 is 0 Å². The van der Waals surface area contributed by atoms with Crippen molar-refractivity contribution in [1.82, 2.24) is 10.3 Å². The van der Waals surface area contributed by atoms with Crippen LogP contribution in [0, 0.1) is 0 Å². The molecule has 1 atom stereocenters. The maximum atomic E-state index is 6.03. The molecule has 0 spiro atoms. The van der Waals surface area contributed by atoms with Crippen LogP contribution >= 0.6 is 0 Å². The van der Waals surface area contributed by atoms with Crippen LogP contribution in [0.15, 0.2) is 48.7 Å². The van der Waals surface area contributed by atoms with Gasteiger partial charge in [0.15, 0.2) is 0 Å². The first kappa shape index (κ1) is 14.1. The zero-order valence-corrected chi connectivity index (χ0v) is 12.5. The summed E-state index contributed by atoms with van der Waals surface area (Å²) in [6.07, 6.45) is 6.45. The molecule has 1 heterocycles. The Morgan fingerprint density at radius 3 is 2.52 bits per heavy atom. The molecular formula is C18H23N3. The molecule has 0 amide bonds. The molecular weight excluding hydrogens is 258 g/mol. The van der Waals surface area contributed by atoms with Gasteiger partial charge in [0.2, 0.25) is 0 Å². The van der Waals surface area contributed by atoms with Crippen LogP contribution in [-0.4, -0.2) is 18.1 Å². The second-order valence-corrected chi connectivity index (χ2v) is 5.97. The van der Waals surface area contributed by atoms with E-state index in [-0.39, 0.29) is 5.41 Å². The lowest BCUT2D eigenvalue weighted by molar-refractivity contribution is 0.174. The van der Waals surface area contributed by atoms with E-state index in [9.17, 15) is 0 Å². The number of pyridine rings is 1. The molecule has 1 aromatic carbocycles. The molecule has 3 N–H and O–H groups in total. The third kappa shape index (κ3) is 2.54. The van der Waals surface area contributed by atoms with Crippen molar-refractivity contribution in [3.63, 3.8) is 0 Å². The molecule has 21 heavy (non-hydrogen) atoms. The largest absolute Gasteiger partial charge is 0.383 e. The van der Waals surface area contributed by atoms with E-state index in [2.05, 4.69) is 53.7 Å². The molecule has 1 aliphatic carbocycles. The summed E-state index contributed by atoms with van der Waals surface area (Å²) in [4.78, 5) is 4.22. The Hall–Kier alpha value is -1.87. The fraction of sp³-hybridized carbons (Fsp3) is 0.389. The molecule has 3 nitrogen and oxygen atoms in total. The van der Waals surface area contributed by atoms with Crippen LogP contribution in [0.3, 0.4) is 0 Å². The number of nitrogen functional groups attached to an aromatic ring is 1. The number of aromatic nitrogens is 1. The molecule has 0 bridgehead atoms. The number of hydrogen-bond donors (Lipinski definition) is 2. The normalized spacial score (nSPS) is 18.0. The SMILES string of the molecule is CNC(Cc1cccnc1N)C1(c2ccccc2)CCC1. The lowest BCUT2D eigenvalue weighted by Gasteiger charge is -2.48. The number of hydrogen-bond acceptors (Lipinski definition) is 3. The average molecular weight is 281 g/mol. The molecule has 1 aliphatic rings. The molecule has 1 fully saturated rings. The number of likely N-dealkylation sites (N-methyl/N-ethyl adjacent to an activating group) is 1. The van der Waals surface area contributed by atoms with Gasteiger partial charge in [-0.15, -0.1) is 0 Å². The van der Waals surface area contributed by atoms with E-state index in [1.165, 1.54) is 24.8 Å². The maximum Gasteiger partial charge on any atom is 0.126 e. The van der Waals surface area contributed by atoms with Gasteiger partial charge in [0.1, 0.15) is 5.82 Å². The zero-order chi connectivity index (χ0) is 14.7. The van der Waals surface area contributed by atoms with Crippen molar-refractivity contribution >= 4 is 5.82 Å². The van der Waals surface area contributed by atoms with Crippen LogP contribution in [-0.2, 0) is 11.8 Å². The maximum absolute atomic E-state index is 6.03. The summed E-state index contributed by atoms with van der Waals surface area (Å²) >= 11 is 0. The fourth-order valence-electron chi connectivity index (χ4n) is 3.58. The van der Waals surface area contributed by atoms with Crippen LogP contribution < -0.4 is 11.1 Å². The van der Waals surface area contributed by atoms with Crippen molar-refractivity contribution in [2.75, 3.05) is 12.8 Å². The Morgan fingerprint density at radius 1 is 1.19 bits per heavy atom. The second kappa shape index (κ2) is 5.86. The Morgan fingerprint density at radius 2 is 1.95 bits per heavy atom. The van der Waals surface area contributed by atoms with Gasteiger partial charge in [-0.2, -0.15) is 0 Å². The third-order valence-electron chi connectivity index (χ3n) is 4.96. The minimum atomic E-state index is 0.234. The quantitative estimate of drug-likeness (QED) is 0.886. The standard InChI is InChI=1S/C18H23N3/c1-20-16(13-14-7-5-12-21-17(14)19)18(10-6-11-18)15-8-3-2-4-9-15/h2-5,7-9,12,16,20H,6,10-11,13H2,1H3,(H2,19,21). The monoisotopic (exact) mass is 281 g/mol. The molecule has 1 aromatic heterocycles. The summed E-state index contributed by atoms with van der Waals surface area (Å²) in [5.74, 6) is 0.653. The number of nitrogens with two attached hydrogens (primary N) is 1. The zero-order valence-electron chi connectivity index (χ0n) is 12.5. The van der Waals surface area contributed by atoms with Crippen LogP contribution in [0.25, 0.3) is 0 Å². The molecule has 110 valence electrons. The van der Waals surface area contributed by atoms with Crippen LogP contribution in [0.4, 0.5) is 5.82 Å². The lowest BCUT2D eigenvalue weighted by Crippen LogP contribution is -2.52. The van der Waals surface area contributed by atoms with Crippen molar-refractivity contribution in [3.8, 4) is 0 Å². The summed E-state index contributed by atoms with van der Waals surface area (Å²) in [5.41, 5.74) is 8.84. The van der Waals surface area contributed by atoms with Crippen LogP contribution in [0.2, 0.25) is 0 Å². The van der Waals surface area contributed by atoms with Crippen LogP contribution in [0.1, 0.15) is 30.4 Å².